The highest BCUT2D eigenvalue weighted by Crippen LogP contribution is 2.19. The van der Waals surface area contributed by atoms with E-state index >= 15 is 0 Å². The zero-order valence-electron chi connectivity index (χ0n) is 13.8. The third-order valence-corrected chi connectivity index (χ3v) is 4.02. The van der Waals surface area contributed by atoms with Crippen molar-refractivity contribution >= 4 is 11.6 Å². The number of hydrogen-bond acceptors (Lipinski definition) is 4. The number of anilines is 1. The van der Waals surface area contributed by atoms with Crippen LogP contribution in [-0.4, -0.2) is 20.6 Å². The number of aliphatic hydroxyl groups excluding tert-OH is 1. The van der Waals surface area contributed by atoms with Crippen molar-refractivity contribution < 1.29 is 14.3 Å². The van der Waals surface area contributed by atoms with Crippen molar-refractivity contribution in [3.05, 3.63) is 65.1 Å². The molecule has 2 N–H and O–H groups in total. The second-order valence-electron chi connectivity index (χ2n) is 5.63. The lowest BCUT2D eigenvalue weighted by Crippen LogP contribution is -2.12. The third-order valence-electron chi connectivity index (χ3n) is 4.02. The molecule has 0 radical (unpaired) electrons. The van der Waals surface area contributed by atoms with E-state index in [4.69, 9.17) is 9.52 Å². The molecule has 0 aliphatic rings. The number of benzene rings is 1. The van der Waals surface area contributed by atoms with Gasteiger partial charge in [-0.15, -0.1) is 0 Å². The summed E-state index contributed by atoms with van der Waals surface area (Å²) in [5, 5.41) is 11.9. The summed E-state index contributed by atoms with van der Waals surface area (Å²) in [7, 11) is 0. The molecule has 0 unspecified atom stereocenters. The second-order valence-corrected chi connectivity index (χ2v) is 5.63. The summed E-state index contributed by atoms with van der Waals surface area (Å²) >= 11 is 0. The van der Waals surface area contributed by atoms with Gasteiger partial charge in [-0.3, -0.25) is 4.79 Å². The topological polar surface area (TPSA) is 80.3 Å². The lowest BCUT2D eigenvalue weighted by molar-refractivity contribution is 0.102. The summed E-state index contributed by atoms with van der Waals surface area (Å²) in [5.41, 5.74) is 4.15. The van der Waals surface area contributed by atoms with Gasteiger partial charge in [-0.1, -0.05) is 0 Å². The molecule has 6 heteroatoms. The standard InChI is InChI=1S/C18H19N3O3/c1-11-12(2)21(10-19-11)15-6-4-14(5-7-15)20-18(23)17-8-16(9-22)24-13(17)3/h4-8,10,22H,9H2,1-3H3,(H,20,23). The van der Waals surface area contributed by atoms with Crippen LogP contribution < -0.4 is 5.32 Å². The first-order valence-corrected chi connectivity index (χ1v) is 7.62. The predicted octanol–water partition coefficient (Wildman–Crippen LogP) is 3.14. The number of imidazole rings is 1. The lowest BCUT2D eigenvalue weighted by Gasteiger charge is -2.08. The number of nitrogens with zero attached hydrogens (tertiary/aromatic N) is 2. The molecule has 0 bridgehead atoms. The van der Waals surface area contributed by atoms with E-state index in [0.717, 1.165) is 17.1 Å². The SMILES string of the molecule is Cc1ncn(-c2ccc(NC(=O)c3cc(CO)oc3C)cc2)c1C. The zero-order valence-corrected chi connectivity index (χ0v) is 13.8. The van der Waals surface area contributed by atoms with Gasteiger partial charge in [0.15, 0.2) is 0 Å². The molecule has 6 nitrogen and oxygen atoms in total. The second kappa shape index (κ2) is 6.33. The fourth-order valence-electron chi connectivity index (χ4n) is 2.51. The van der Waals surface area contributed by atoms with E-state index < -0.39 is 0 Å². The number of amides is 1. The van der Waals surface area contributed by atoms with Gasteiger partial charge in [-0.25, -0.2) is 4.98 Å². The summed E-state index contributed by atoms with van der Waals surface area (Å²) in [4.78, 5) is 16.6. The van der Waals surface area contributed by atoms with Crippen LogP contribution in [0, 0.1) is 20.8 Å². The number of rotatable bonds is 4. The van der Waals surface area contributed by atoms with Crippen molar-refractivity contribution in [2.75, 3.05) is 5.32 Å². The Hall–Kier alpha value is -2.86. The fraction of sp³-hybridized carbons (Fsp3) is 0.222. The quantitative estimate of drug-likeness (QED) is 0.772. The van der Waals surface area contributed by atoms with Crippen LogP contribution in [0.3, 0.4) is 0 Å². The monoisotopic (exact) mass is 325 g/mol. The molecule has 3 rings (SSSR count). The zero-order chi connectivity index (χ0) is 17.3. The van der Waals surface area contributed by atoms with Gasteiger partial charge in [-0.05, 0) is 51.1 Å². The maximum atomic E-state index is 12.3. The minimum absolute atomic E-state index is 0.230. The van der Waals surface area contributed by atoms with Gasteiger partial charge in [0.25, 0.3) is 5.91 Å². The molecule has 2 aromatic heterocycles. The molecule has 1 amide bonds. The van der Waals surface area contributed by atoms with Gasteiger partial charge in [-0.2, -0.15) is 0 Å². The molecule has 0 saturated heterocycles. The average Bonchev–Trinajstić information content (AvgIpc) is 3.12. The first kappa shape index (κ1) is 16.0. The number of aromatic nitrogens is 2. The van der Waals surface area contributed by atoms with E-state index in [2.05, 4.69) is 10.3 Å². The molecule has 0 aliphatic carbocycles. The Balaban J connectivity index is 1.77. The molecule has 1 aromatic carbocycles. The molecular formula is C18H19N3O3. The first-order valence-electron chi connectivity index (χ1n) is 7.62. The van der Waals surface area contributed by atoms with Crippen LogP contribution >= 0.6 is 0 Å². The fourth-order valence-corrected chi connectivity index (χ4v) is 2.51. The average molecular weight is 325 g/mol. The van der Waals surface area contributed by atoms with Crippen molar-refractivity contribution in [1.82, 2.24) is 9.55 Å². The van der Waals surface area contributed by atoms with Gasteiger partial charge < -0.3 is 19.4 Å². The van der Waals surface area contributed by atoms with Crippen LogP contribution in [0.2, 0.25) is 0 Å². The van der Waals surface area contributed by atoms with Gasteiger partial charge >= 0.3 is 0 Å². The Morgan fingerprint density at radius 1 is 1.25 bits per heavy atom. The van der Waals surface area contributed by atoms with Crippen molar-refractivity contribution in [1.29, 1.82) is 0 Å². The molecule has 0 saturated carbocycles. The molecular weight excluding hydrogens is 306 g/mol. The van der Waals surface area contributed by atoms with Crippen LogP contribution in [-0.2, 0) is 6.61 Å². The Bertz CT molecular complexity index is 876. The highest BCUT2D eigenvalue weighted by atomic mass is 16.4. The maximum absolute atomic E-state index is 12.3. The normalized spacial score (nSPS) is 10.8. The number of hydrogen-bond donors (Lipinski definition) is 2. The summed E-state index contributed by atoms with van der Waals surface area (Å²) in [5.74, 6) is 0.593. The van der Waals surface area contributed by atoms with Crippen LogP contribution in [0.15, 0.2) is 41.1 Å². The summed E-state index contributed by atoms with van der Waals surface area (Å²) in [6.45, 7) is 5.45. The molecule has 124 valence electrons. The van der Waals surface area contributed by atoms with Gasteiger partial charge in [0.05, 0.1) is 17.6 Å². The smallest absolute Gasteiger partial charge is 0.259 e. The summed E-state index contributed by atoms with van der Waals surface area (Å²) in [6.07, 6.45) is 1.78. The molecule has 0 atom stereocenters. The first-order chi connectivity index (χ1) is 11.5. The number of nitrogens with one attached hydrogen (secondary N) is 1. The maximum Gasteiger partial charge on any atom is 0.259 e. The Morgan fingerprint density at radius 2 is 1.96 bits per heavy atom. The molecule has 3 aromatic rings. The van der Waals surface area contributed by atoms with E-state index in [1.54, 1.807) is 19.3 Å². The lowest BCUT2D eigenvalue weighted by atomic mass is 10.2. The van der Waals surface area contributed by atoms with Gasteiger partial charge in [0.2, 0.25) is 0 Å². The summed E-state index contributed by atoms with van der Waals surface area (Å²) in [6, 6.07) is 9.07. The largest absolute Gasteiger partial charge is 0.463 e. The molecule has 0 fully saturated rings. The Kier molecular flexibility index (Phi) is 4.22. The number of carbonyl (C=O) groups is 1. The van der Waals surface area contributed by atoms with Crippen LogP contribution in [0.1, 0.15) is 33.3 Å². The van der Waals surface area contributed by atoms with Crippen molar-refractivity contribution in [3.63, 3.8) is 0 Å². The third kappa shape index (κ3) is 2.96. The van der Waals surface area contributed by atoms with Crippen LogP contribution in [0.25, 0.3) is 5.69 Å². The minimum atomic E-state index is -0.265. The minimum Gasteiger partial charge on any atom is -0.463 e. The number of aryl methyl sites for hydroxylation is 2. The van der Waals surface area contributed by atoms with Crippen molar-refractivity contribution in [3.8, 4) is 5.69 Å². The number of furan rings is 1. The van der Waals surface area contributed by atoms with E-state index in [0.29, 0.717) is 22.8 Å². The van der Waals surface area contributed by atoms with Gasteiger partial charge in [0.1, 0.15) is 18.1 Å². The summed E-state index contributed by atoms with van der Waals surface area (Å²) < 4.78 is 7.29. The van der Waals surface area contributed by atoms with Crippen LogP contribution in [0.4, 0.5) is 5.69 Å². The van der Waals surface area contributed by atoms with Gasteiger partial charge in [0, 0.05) is 17.1 Å². The van der Waals surface area contributed by atoms with E-state index in [1.165, 1.54) is 0 Å². The molecule has 0 aliphatic heterocycles. The van der Waals surface area contributed by atoms with E-state index in [-0.39, 0.29) is 12.5 Å². The predicted molar refractivity (Wildman–Crippen MR) is 90.4 cm³/mol. The highest BCUT2D eigenvalue weighted by molar-refractivity contribution is 6.05. The van der Waals surface area contributed by atoms with Crippen LogP contribution in [0.5, 0.6) is 0 Å². The van der Waals surface area contributed by atoms with Crippen molar-refractivity contribution in [2.45, 2.75) is 27.4 Å². The van der Waals surface area contributed by atoms with E-state index in [1.807, 2.05) is 42.7 Å². The molecule has 24 heavy (non-hydrogen) atoms. The molecule has 2 heterocycles. The highest BCUT2D eigenvalue weighted by Gasteiger charge is 2.15. The van der Waals surface area contributed by atoms with Crippen molar-refractivity contribution in [2.24, 2.45) is 0 Å². The Morgan fingerprint density at radius 3 is 2.50 bits per heavy atom. The number of carbonyl (C=O) groups excluding carboxylic acids is 1. The molecule has 0 spiro atoms. The Labute approximate surface area is 139 Å². The number of aliphatic hydroxyl groups is 1. The van der Waals surface area contributed by atoms with E-state index in [9.17, 15) is 4.79 Å².